The number of aliphatic hydroxyl groups excluding tert-OH is 1. The molecule has 2 rings (SSSR count). The van der Waals surface area contributed by atoms with Gasteiger partial charge in [0.1, 0.15) is 0 Å². The summed E-state index contributed by atoms with van der Waals surface area (Å²) in [7, 11) is 0. The molecule has 0 atom stereocenters. The van der Waals surface area contributed by atoms with Gasteiger partial charge >= 0.3 is 0 Å². The van der Waals surface area contributed by atoms with Crippen LogP contribution in [0.5, 0.6) is 0 Å². The van der Waals surface area contributed by atoms with Gasteiger partial charge in [0.05, 0.1) is 12.0 Å². The molecule has 0 aromatic rings. The number of hydrogen-bond acceptors (Lipinski definition) is 3. The van der Waals surface area contributed by atoms with Crippen LogP contribution in [0.3, 0.4) is 0 Å². The van der Waals surface area contributed by atoms with E-state index in [1.54, 1.807) is 0 Å². The largest absolute Gasteiger partial charge is 0.395 e. The van der Waals surface area contributed by atoms with E-state index >= 15 is 0 Å². The second kappa shape index (κ2) is 8.14. The number of rotatable bonds is 5. The highest BCUT2D eigenvalue weighted by molar-refractivity contribution is 5.83. The lowest BCUT2D eigenvalue weighted by atomic mass is 9.78. The quantitative estimate of drug-likeness (QED) is 0.766. The first-order valence-corrected chi connectivity index (χ1v) is 8.85. The van der Waals surface area contributed by atoms with Crippen LogP contribution >= 0.6 is 0 Å². The SMILES string of the molecule is NCC1(C(=O)N(CCO)C2CCCCC2)CCCCCC1. The molecule has 2 aliphatic rings. The van der Waals surface area contributed by atoms with Crippen LogP contribution in [0.15, 0.2) is 0 Å². The first-order chi connectivity index (χ1) is 10.2. The molecule has 0 radical (unpaired) electrons. The Balaban J connectivity index is 2.13. The Morgan fingerprint density at radius 3 is 2.14 bits per heavy atom. The van der Waals surface area contributed by atoms with Gasteiger partial charge in [0.2, 0.25) is 5.91 Å². The molecule has 21 heavy (non-hydrogen) atoms. The van der Waals surface area contributed by atoms with E-state index in [-0.39, 0.29) is 17.9 Å². The number of hydrogen-bond donors (Lipinski definition) is 2. The third-order valence-corrected chi connectivity index (χ3v) is 5.52. The molecule has 2 aliphatic carbocycles. The number of aliphatic hydroxyl groups is 1. The van der Waals surface area contributed by atoms with Gasteiger partial charge in [0.15, 0.2) is 0 Å². The molecule has 0 bridgehead atoms. The molecule has 2 fully saturated rings. The first kappa shape index (κ1) is 16.8. The van der Waals surface area contributed by atoms with Crippen molar-refractivity contribution in [3.05, 3.63) is 0 Å². The topological polar surface area (TPSA) is 66.6 Å². The molecular weight excluding hydrogens is 264 g/mol. The molecular formula is C17H32N2O2. The zero-order valence-electron chi connectivity index (χ0n) is 13.4. The molecule has 0 spiro atoms. The lowest BCUT2D eigenvalue weighted by Gasteiger charge is -2.41. The third-order valence-electron chi connectivity index (χ3n) is 5.52. The van der Waals surface area contributed by atoms with Crippen LogP contribution in [0.1, 0.15) is 70.6 Å². The summed E-state index contributed by atoms with van der Waals surface area (Å²) in [6, 6.07) is 0.324. The van der Waals surface area contributed by atoms with Gasteiger partial charge in [0, 0.05) is 19.1 Å². The van der Waals surface area contributed by atoms with Crippen molar-refractivity contribution in [1.29, 1.82) is 0 Å². The van der Waals surface area contributed by atoms with Crippen molar-refractivity contribution in [3.63, 3.8) is 0 Å². The van der Waals surface area contributed by atoms with Gasteiger partial charge in [-0.05, 0) is 25.7 Å². The monoisotopic (exact) mass is 296 g/mol. The van der Waals surface area contributed by atoms with E-state index in [1.807, 2.05) is 4.90 Å². The van der Waals surface area contributed by atoms with Crippen LogP contribution < -0.4 is 5.73 Å². The van der Waals surface area contributed by atoms with Gasteiger partial charge < -0.3 is 15.7 Å². The second-order valence-electron chi connectivity index (χ2n) is 6.91. The van der Waals surface area contributed by atoms with E-state index in [1.165, 1.54) is 32.1 Å². The Morgan fingerprint density at radius 1 is 1.05 bits per heavy atom. The summed E-state index contributed by atoms with van der Waals surface area (Å²) in [5, 5.41) is 9.40. The van der Waals surface area contributed by atoms with Crippen molar-refractivity contribution < 1.29 is 9.90 Å². The predicted octanol–water partition coefficient (Wildman–Crippen LogP) is 2.44. The molecule has 0 saturated heterocycles. The smallest absolute Gasteiger partial charge is 0.230 e. The van der Waals surface area contributed by atoms with E-state index < -0.39 is 0 Å². The van der Waals surface area contributed by atoms with E-state index in [0.29, 0.717) is 19.1 Å². The normalized spacial score (nSPS) is 23.5. The maximum absolute atomic E-state index is 13.2. The summed E-state index contributed by atoms with van der Waals surface area (Å²) in [4.78, 5) is 15.2. The van der Waals surface area contributed by atoms with Crippen LogP contribution in [-0.4, -0.2) is 41.7 Å². The predicted molar refractivity (Wildman–Crippen MR) is 84.9 cm³/mol. The minimum absolute atomic E-state index is 0.0584. The number of nitrogens with zero attached hydrogens (tertiary/aromatic N) is 1. The molecule has 0 unspecified atom stereocenters. The summed E-state index contributed by atoms with van der Waals surface area (Å²) in [6.07, 6.45) is 12.4. The summed E-state index contributed by atoms with van der Waals surface area (Å²) >= 11 is 0. The summed E-state index contributed by atoms with van der Waals surface area (Å²) in [5.41, 5.74) is 5.70. The summed E-state index contributed by atoms with van der Waals surface area (Å²) in [6.45, 7) is 0.995. The molecule has 0 aliphatic heterocycles. The second-order valence-corrected chi connectivity index (χ2v) is 6.91. The number of amides is 1. The summed E-state index contributed by atoms with van der Waals surface area (Å²) < 4.78 is 0. The van der Waals surface area contributed by atoms with E-state index in [2.05, 4.69) is 0 Å². The fraction of sp³-hybridized carbons (Fsp3) is 0.941. The van der Waals surface area contributed by atoms with Gasteiger partial charge in [-0.15, -0.1) is 0 Å². The van der Waals surface area contributed by atoms with Crippen LogP contribution in [0.2, 0.25) is 0 Å². The Bertz CT molecular complexity index is 319. The van der Waals surface area contributed by atoms with Crippen molar-refractivity contribution in [3.8, 4) is 0 Å². The van der Waals surface area contributed by atoms with E-state index in [9.17, 15) is 9.90 Å². The molecule has 0 heterocycles. The highest BCUT2D eigenvalue weighted by atomic mass is 16.3. The zero-order valence-corrected chi connectivity index (χ0v) is 13.4. The molecule has 4 nitrogen and oxygen atoms in total. The lowest BCUT2D eigenvalue weighted by Crippen LogP contribution is -2.53. The maximum atomic E-state index is 13.2. The van der Waals surface area contributed by atoms with Gasteiger partial charge in [-0.3, -0.25) is 4.79 Å². The Labute approximate surface area is 129 Å². The molecule has 0 aromatic heterocycles. The van der Waals surface area contributed by atoms with Crippen molar-refractivity contribution in [2.45, 2.75) is 76.7 Å². The highest BCUT2D eigenvalue weighted by Crippen LogP contribution is 2.37. The van der Waals surface area contributed by atoms with Crippen LogP contribution in [0.25, 0.3) is 0 Å². The number of carbonyl (C=O) groups is 1. The van der Waals surface area contributed by atoms with E-state index in [0.717, 1.165) is 38.5 Å². The van der Waals surface area contributed by atoms with Gasteiger partial charge in [-0.25, -0.2) is 0 Å². The molecule has 0 aromatic carbocycles. The Hall–Kier alpha value is -0.610. The van der Waals surface area contributed by atoms with Crippen molar-refractivity contribution in [2.24, 2.45) is 11.1 Å². The van der Waals surface area contributed by atoms with Crippen molar-refractivity contribution in [2.75, 3.05) is 19.7 Å². The average molecular weight is 296 g/mol. The third kappa shape index (κ3) is 3.98. The standard InChI is InChI=1S/C17H32N2O2/c18-14-17(10-6-1-2-7-11-17)16(21)19(12-13-20)15-8-4-3-5-9-15/h15,20H,1-14,18H2. The molecule has 4 heteroatoms. The minimum atomic E-state index is -0.358. The van der Waals surface area contributed by atoms with Crippen LogP contribution in [0, 0.1) is 5.41 Å². The Kier molecular flexibility index (Phi) is 6.49. The summed E-state index contributed by atoms with van der Waals surface area (Å²) in [5.74, 6) is 0.229. The van der Waals surface area contributed by atoms with E-state index in [4.69, 9.17) is 5.73 Å². The number of carbonyl (C=O) groups excluding carboxylic acids is 1. The average Bonchev–Trinajstić information content (AvgIpc) is 2.79. The van der Waals surface area contributed by atoms with Gasteiger partial charge in [-0.1, -0.05) is 44.9 Å². The molecule has 3 N–H and O–H groups in total. The number of nitrogens with two attached hydrogens (primary N) is 1. The van der Waals surface area contributed by atoms with Gasteiger partial charge in [0.25, 0.3) is 0 Å². The molecule has 122 valence electrons. The first-order valence-electron chi connectivity index (χ1n) is 8.85. The van der Waals surface area contributed by atoms with Crippen LogP contribution in [-0.2, 0) is 4.79 Å². The molecule has 2 saturated carbocycles. The minimum Gasteiger partial charge on any atom is -0.395 e. The maximum Gasteiger partial charge on any atom is 0.230 e. The highest BCUT2D eigenvalue weighted by Gasteiger charge is 2.41. The zero-order chi connectivity index (χ0) is 15.1. The lowest BCUT2D eigenvalue weighted by molar-refractivity contribution is -0.146. The Morgan fingerprint density at radius 2 is 1.62 bits per heavy atom. The fourth-order valence-electron chi connectivity index (χ4n) is 4.17. The van der Waals surface area contributed by atoms with Crippen molar-refractivity contribution >= 4 is 5.91 Å². The van der Waals surface area contributed by atoms with Crippen molar-refractivity contribution in [1.82, 2.24) is 4.90 Å². The van der Waals surface area contributed by atoms with Crippen LogP contribution in [0.4, 0.5) is 0 Å². The van der Waals surface area contributed by atoms with Gasteiger partial charge in [-0.2, -0.15) is 0 Å². The molecule has 1 amide bonds. The fourth-order valence-corrected chi connectivity index (χ4v) is 4.17.